The molecule has 4 nitrogen and oxygen atoms in total. The SMILES string of the molecule is COC(=O)C(C)(C)C(C)(O[Si](C)(C)C)c1cccnc1. The number of pyridine rings is 1. The molecule has 0 bridgehead atoms. The van der Waals surface area contributed by atoms with Crippen molar-refractivity contribution in [3.8, 4) is 0 Å². The summed E-state index contributed by atoms with van der Waals surface area (Å²) in [5.41, 5.74) is -0.706. The smallest absolute Gasteiger partial charge is 0.314 e. The molecule has 0 saturated carbocycles. The van der Waals surface area contributed by atoms with Crippen LogP contribution in [0.5, 0.6) is 0 Å². The third kappa shape index (κ3) is 3.27. The maximum atomic E-state index is 12.2. The van der Waals surface area contributed by atoms with Gasteiger partial charge in [-0.05, 0) is 46.5 Å². The number of methoxy groups -OCH3 is 1. The van der Waals surface area contributed by atoms with Crippen molar-refractivity contribution in [1.29, 1.82) is 0 Å². The van der Waals surface area contributed by atoms with Crippen molar-refractivity contribution in [3.63, 3.8) is 0 Å². The first-order valence-electron chi connectivity index (χ1n) is 6.74. The number of carbonyl (C=O) groups excluding carboxylic acids is 1. The summed E-state index contributed by atoms with van der Waals surface area (Å²) in [5.74, 6) is -0.290. The molecule has 1 unspecified atom stereocenters. The zero-order valence-electron chi connectivity index (χ0n) is 13.5. The summed E-state index contributed by atoms with van der Waals surface area (Å²) >= 11 is 0. The summed E-state index contributed by atoms with van der Waals surface area (Å²) in [6, 6.07) is 3.80. The Kier molecular flexibility index (Phi) is 4.76. The standard InChI is InChI=1S/C15H25NO3Si/c1-14(2,13(17)18-4)15(3,19-20(5,6)7)12-9-8-10-16-11-12/h8-11H,1-7H3. The molecular weight excluding hydrogens is 270 g/mol. The summed E-state index contributed by atoms with van der Waals surface area (Å²) in [7, 11) is -0.474. The van der Waals surface area contributed by atoms with Crippen molar-refractivity contribution >= 4 is 14.3 Å². The quantitative estimate of drug-likeness (QED) is 0.617. The van der Waals surface area contributed by atoms with Gasteiger partial charge >= 0.3 is 5.97 Å². The molecule has 1 heterocycles. The van der Waals surface area contributed by atoms with Crippen LogP contribution in [0.25, 0.3) is 0 Å². The average Bonchev–Trinajstić information content (AvgIpc) is 2.36. The highest BCUT2D eigenvalue weighted by Crippen LogP contribution is 2.45. The molecule has 1 atom stereocenters. The van der Waals surface area contributed by atoms with Gasteiger partial charge in [0.1, 0.15) is 0 Å². The van der Waals surface area contributed by atoms with Gasteiger partial charge in [-0.3, -0.25) is 9.78 Å². The van der Waals surface area contributed by atoms with E-state index in [2.05, 4.69) is 24.6 Å². The van der Waals surface area contributed by atoms with E-state index in [1.54, 1.807) is 12.4 Å². The van der Waals surface area contributed by atoms with Gasteiger partial charge in [0.2, 0.25) is 0 Å². The van der Waals surface area contributed by atoms with Crippen LogP contribution < -0.4 is 0 Å². The molecule has 0 radical (unpaired) electrons. The van der Waals surface area contributed by atoms with Gasteiger partial charge in [0.05, 0.1) is 18.1 Å². The number of esters is 1. The molecule has 0 spiro atoms. The maximum absolute atomic E-state index is 12.2. The highest BCUT2D eigenvalue weighted by molar-refractivity contribution is 6.69. The predicted octanol–water partition coefficient (Wildman–Crippen LogP) is 3.35. The fourth-order valence-electron chi connectivity index (χ4n) is 2.25. The van der Waals surface area contributed by atoms with Gasteiger partial charge in [-0.1, -0.05) is 6.07 Å². The monoisotopic (exact) mass is 295 g/mol. The molecule has 0 saturated heterocycles. The summed E-state index contributed by atoms with van der Waals surface area (Å²) < 4.78 is 11.4. The van der Waals surface area contributed by atoms with Crippen LogP contribution in [0.4, 0.5) is 0 Å². The van der Waals surface area contributed by atoms with Gasteiger partial charge in [0, 0.05) is 18.0 Å². The number of carbonyl (C=O) groups is 1. The molecule has 1 aromatic heterocycles. The van der Waals surface area contributed by atoms with Gasteiger partial charge < -0.3 is 9.16 Å². The van der Waals surface area contributed by atoms with Gasteiger partial charge in [-0.25, -0.2) is 0 Å². The lowest BCUT2D eigenvalue weighted by Gasteiger charge is -2.45. The molecule has 1 rings (SSSR count). The molecule has 1 aromatic rings. The number of hydrogen-bond donors (Lipinski definition) is 0. The normalized spacial score (nSPS) is 15.6. The van der Waals surface area contributed by atoms with Crippen LogP contribution in [-0.4, -0.2) is 26.4 Å². The second kappa shape index (κ2) is 5.66. The van der Waals surface area contributed by atoms with E-state index in [0.29, 0.717) is 0 Å². The summed E-state index contributed by atoms with van der Waals surface area (Å²) in [6.07, 6.45) is 3.47. The zero-order chi connectivity index (χ0) is 15.6. The Morgan fingerprint density at radius 1 is 1.25 bits per heavy atom. The molecule has 0 N–H and O–H groups in total. The minimum atomic E-state index is -1.88. The first-order chi connectivity index (χ1) is 9.04. The first-order valence-corrected chi connectivity index (χ1v) is 10.1. The van der Waals surface area contributed by atoms with E-state index in [4.69, 9.17) is 9.16 Å². The largest absolute Gasteiger partial charge is 0.469 e. The molecule has 0 aliphatic rings. The van der Waals surface area contributed by atoms with Crippen molar-refractivity contribution in [3.05, 3.63) is 30.1 Å². The Hall–Kier alpha value is -1.20. The molecule has 0 amide bonds. The Bertz CT molecular complexity index is 468. The lowest BCUT2D eigenvalue weighted by molar-refractivity contribution is -0.165. The van der Waals surface area contributed by atoms with Gasteiger partial charge in [-0.15, -0.1) is 0 Å². The Morgan fingerprint density at radius 2 is 1.85 bits per heavy atom. The van der Waals surface area contributed by atoms with Crippen LogP contribution in [0.3, 0.4) is 0 Å². The third-order valence-corrected chi connectivity index (χ3v) is 4.63. The Morgan fingerprint density at radius 3 is 2.25 bits per heavy atom. The van der Waals surface area contributed by atoms with Crippen molar-refractivity contribution in [2.45, 2.75) is 46.0 Å². The highest BCUT2D eigenvalue weighted by atomic mass is 28.4. The fraction of sp³-hybridized carbons (Fsp3) is 0.600. The molecule has 5 heteroatoms. The summed E-state index contributed by atoms with van der Waals surface area (Å²) in [4.78, 5) is 16.4. The average molecular weight is 295 g/mol. The van der Waals surface area contributed by atoms with E-state index < -0.39 is 19.3 Å². The topological polar surface area (TPSA) is 48.4 Å². The van der Waals surface area contributed by atoms with Gasteiger partial charge in [-0.2, -0.15) is 0 Å². The Balaban J connectivity index is 3.39. The maximum Gasteiger partial charge on any atom is 0.314 e. The lowest BCUT2D eigenvalue weighted by Crippen LogP contribution is -2.52. The Labute approximate surface area is 122 Å². The zero-order valence-corrected chi connectivity index (χ0v) is 14.5. The fourth-order valence-corrected chi connectivity index (χ4v) is 3.85. The van der Waals surface area contributed by atoms with E-state index in [1.807, 2.05) is 32.9 Å². The summed E-state index contributed by atoms with van der Waals surface area (Å²) in [6.45, 7) is 12.0. The minimum absolute atomic E-state index is 0.290. The number of aromatic nitrogens is 1. The van der Waals surface area contributed by atoms with Crippen LogP contribution in [-0.2, 0) is 19.6 Å². The van der Waals surface area contributed by atoms with Crippen LogP contribution >= 0.6 is 0 Å². The third-order valence-electron chi connectivity index (χ3n) is 3.61. The minimum Gasteiger partial charge on any atom is -0.469 e. The van der Waals surface area contributed by atoms with Crippen molar-refractivity contribution in [2.75, 3.05) is 7.11 Å². The molecule has 0 fully saturated rings. The molecule has 0 aliphatic heterocycles. The second-order valence-corrected chi connectivity index (χ2v) is 11.0. The van der Waals surface area contributed by atoms with Crippen LogP contribution in [0, 0.1) is 5.41 Å². The number of rotatable bonds is 5. The van der Waals surface area contributed by atoms with E-state index in [-0.39, 0.29) is 5.97 Å². The van der Waals surface area contributed by atoms with Crippen molar-refractivity contribution in [1.82, 2.24) is 4.98 Å². The van der Waals surface area contributed by atoms with Crippen molar-refractivity contribution < 1.29 is 14.0 Å². The second-order valence-electron chi connectivity index (χ2n) is 6.61. The molecular formula is C15H25NO3Si. The van der Waals surface area contributed by atoms with E-state index in [1.165, 1.54) is 7.11 Å². The molecule has 0 aromatic carbocycles. The van der Waals surface area contributed by atoms with Crippen LogP contribution in [0.2, 0.25) is 19.6 Å². The lowest BCUT2D eigenvalue weighted by atomic mass is 9.72. The van der Waals surface area contributed by atoms with Crippen LogP contribution in [0.1, 0.15) is 26.3 Å². The molecule has 20 heavy (non-hydrogen) atoms. The number of ether oxygens (including phenoxy) is 1. The van der Waals surface area contributed by atoms with E-state index in [9.17, 15) is 4.79 Å². The van der Waals surface area contributed by atoms with Crippen molar-refractivity contribution in [2.24, 2.45) is 5.41 Å². The van der Waals surface area contributed by atoms with E-state index >= 15 is 0 Å². The van der Waals surface area contributed by atoms with E-state index in [0.717, 1.165) is 5.56 Å². The van der Waals surface area contributed by atoms with Gasteiger partial charge in [0.25, 0.3) is 0 Å². The van der Waals surface area contributed by atoms with Gasteiger partial charge in [0.15, 0.2) is 8.32 Å². The number of hydrogen-bond acceptors (Lipinski definition) is 4. The number of nitrogens with zero attached hydrogens (tertiary/aromatic N) is 1. The predicted molar refractivity (Wildman–Crippen MR) is 81.8 cm³/mol. The summed E-state index contributed by atoms with van der Waals surface area (Å²) in [5, 5.41) is 0. The molecule has 112 valence electrons. The first kappa shape index (κ1) is 16.9. The molecule has 0 aliphatic carbocycles. The highest BCUT2D eigenvalue weighted by Gasteiger charge is 2.51. The van der Waals surface area contributed by atoms with Crippen LogP contribution in [0.15, 0.2) is 24.5 Å².